The Bertz CT molecular complexity index is 2080. The normalized spacial score (nSPS) is 11.2. The molecule has 3 aromatic heterocycles. The lowest BCUT2D eigenvalue weighted by Crippen LogP contribution is -2.30. The Kier molecular flexibility index (Phi) is 9.62. The van der Waals surface area contributed by atoms with Crippen LogP contribution in [-0.2, 0) is 13.2 Å². The molecular formula is C40H39N5O3. The number of hydrogen-bond acceptors (Lipinski definition) is 5. The van der Waals surface area contributed by atoms with Gasteiger partial charge in [0.2, 0.25) is 0 Å². The molecule has 0 radical (unpaired) electrons. The van der Waals surface area contributed by atoms with Crippen molar-refractivity contribution in [1.29, 1.82) is 0 Å². The minimum atomic E-state index is -0.498. The number of rotatable bonds is 10. The summed E-state index contributed by atoms with van der Waals surface area (Å²) in [6, 6.07) is 30.4. The first-order chi connectivity index (χ1) is 23.3. The Balaban J connectivity index is 1.48. The highest BCUT2D eigenvalue weighted by atomic mass is 16.5. The van der Waals surface area contributed by atoms with Crippen molar-refractivity contribution >= 4 is 28.4 Å². The lowest BCUT2D eigenvalue weighted by molar-refractivity contribution is 0.262. The van der Waals surface area contributed by atoms with Crippen molar-refractivity contribution in [3.8, 4) is 16.9 Å². The number of para-hydroxylation sites is 1. The molecule has 0 bridgehead atoms. The van der Waals surface area contributed by atoms with Crippen LogP contribution >= 0.6 is 0 Å². The third kappa shape index (κ3) is 6.98. The van der Waals surface area contributed by atoms with Gasteiger partial charge in [-0.25, -0.2) is 9.78 Å². The largest absolute Gasteiger partial charge is 0.489 e. The van der Waals surface area contributed by atoms with Crippen LogP contribution in [0.15, 0.2) is 120 Å². The first-order valence-corrected chi connectivity index (χ1v) is 16.2. The highest BCUT2D eigenvalue weighted by Gasteiger charge is 2.23. The zero-order valence-electron chi connectivity index (χ0n) is 27.6. The number of hydrogen-bond donors (Lipinski definition) is 2. The van der Waals surface area contributed by atoms with Crippen molar-refractivity contribution in [1.82, 2.24) is 14.5 Å². The predicted molar refractivity (Wildman–Crippen MR) is 193 cm³/mol. The summed E-state index contributed by atoms with van der Waals surface area (Å²) in [5.41, 5.74) is 6.27. The number of nitrogens with one attached hydrogen (secondary N) is 2. The molecule has 0 fully saturated rings. The summed E-state index contributed by atoms with van der Waals surface area (Å²) >= 11 is 0. The lowest BCUT2D eigenvalue weighted by Gasteiger charge is -2.22. The molecule has 8 heteroatoms. The molecular weight excluding hydrogens is 598 g/mol. The van der Waals surface area contributed by atoms with Crippen LogP contribution in [0.25, 0.3) is 22.2 Å². The van der Waals surface area contributed by atoms with Gasteiger partial charge in [0.15, 0.2) is 0 Å². The van der Waals surface area contributed by atoms with Gasteiger partial charge in [-0.15, -0.1) is 0 Å². The predicted octanol–water partition coefficient (Wildman–Crippen LogP) is 8.98. The van der Waals surface area contributed by atoms with Crippen molar-refractivity contribution < 1.29 is 9.53 Å². The topological polar surface area (TPSA) is 98.1 Å². The summed E-state index contributed by atoms with van der Waals surface area (Å²) in [5.74, 6) is 0.974. The van der Waals surface area contributed by atoms with E-state index in [1.165, 1.54) is 0 Å². The lowest BCUT2D eigenvalue weighted by atomic mass is 9.93. The van der Waals surface area contributed by atoms with E-state index < -0.39 is 6.03 Å². The van der Waals surface area contributed by atoms with Gasteiger partial charge in [0.05, 0.1) is 6.54 Å². The number of ether oxygens (including phenoxy) is 1. The van der Waals surface area contributed by atoms with Gasteiger partial charge in [0.25, 0.3) is 5.56 Å². The molecule has 0 unspecified atom stereocenters. The quantitative estimate of drug-likeness (QED) is 0.156. The Morgan fingerprint density at radius 2 is 1.46 bits per heavy atom. The smallest absolute Gasteiger partial charge is 0.323 e. The maximum Gasteiger partial charge on any atom is 0.323 e. The Morgan fingerprint density at radius 1 is 0.771 bits per heavy atom. The number of pyridine rings is 3. The fourth-order valence-electron chi connectivity index (χ4n) is 5.95. The number of carbonyl (C=O) groups excluding carboxylic acids is 1. The SMILES string of the molecule is CC(C)c1cccc(C(C)C)c1NC(=O)Nc1c(-c2cccc(OCc3cccnc3)c2)c2cccnc2n(Cc2ccccc2)c1=O. The summed E-state index contributed by atoms with van der Waals surface area (Å²) in [4.78, 5) is 37.4. The second kappa shape index (κ2) is 14.3. The van der Waals surface area contributed by atoms with Crippen LogP contribution in [0, 0.1) is 0 Å². The van der Waals surface area contributed by atoms with E-state index in [-0.39, 0.29) is 29.6 Å². The van der Waals surface area contributed by atoms with Gasteiger partial charge in [0.1, 0.15) is 23.7 Å². The second-order valence-electron chi connectivity index (χ2n) is 12.4. The molecule has 3 heterocycles. The number of carbonyl (C=O) groups is 1. The van der Waals surface area contributed by atoms with Gasteiger partial charge < -0.3 is 15.4 Å². The van der Waals surface area contributed by atoms with Gasteiger partial charge in [-0.2, -0.15) is 0 Å². The molecule has 0 aliphatic carbocycles. The van der Waals surface area contributed by atoms with Crippen molar-refractivity contribution in [2.45, 2.75) is 52.7 Å². The van der Waals surface area contributed by atoms with Crippen molar-refractivity contribution in [3.05, 3.63) is 148 Å². The Morgan fingerprint density at radius 3 is 2.17 bits per heavy atom. The van der Waals surface area contributed by atoms with Crippen LogP contribution in [0.1, 0.15) is 61.8 Å². The third-order valence-corrected chi connectivity index (χ3v) is 8.31. The van der Waals surface area contributed by atoms with Crippen molar-refractivity contribution in [2.24, 2.45) is 0 Å². The van der Waals surface area contributed by atoms with E-state index in [2.05, 4.69) is 48.3 Å². The number of aromatic nitrogens is 3. The minimum Gasteiger partial charge on any atom is -0.489 e. The Hall–Kier alpha value is -5.76. The standard InChI is InChI=1S/C40H39N5O3/c1-26(2)32-17-9-18-33(27(3)4)36(32)43-40(47)44-37-35(30-15-8-16-31(22-30)48-25-29-14-10-20-41-23-29)34-19-11-21-42-38(34)45(39(37)46)24-28-12-6-5-7-13-28/h5-23,26-27H,24-25H2,1-4H3,(H2,43,44,47). The Labute approximate surface area is 280 Å². The van der Waals surface area contributed by atoms with E-state index in [0.717, 1.165) is 33.3 Å². The highest BCUT2D eigenvalue weighted by molar-refractivity contribution is 6.08. The van der Waals surface area contributed by atoms with Crippen LogP contribution in [0.2, 0.25) is 0 Å². The van der Waals surface area contributed by atoms with Crippen LogP contribution in [0.3, 0.4) is 0 Å². The molecule has 242 valence electrons. The molecule has 6 aromatic rings. The summed E-state index contributed by atoms with van der Waals surface area (Å²) in [5, 5.41) is 6.83. The molecule has 2 amide bonds. The molecule has 0 saturated carbocycles. The van der Waals surface area contributed by atoms with E-state index in [0.29, 0.717) is 29.1 Å². The van der Waals surface area contributed by atoms with Crippen molar-refractivity contribution in [2.75, 3.05) is 10.6 Å². The average molecular weight is 638 g/mol. The zero-order valence-corrected chi connectivity index (χ0v) is 27.6. The summed E-state index contributed by atoms with van der Waals surface area (Å²) in [6.07, 6.45) is 5.16. The molecule has 0 spiro atoms. The number of benzene rings is 3. The van der Waals surface area contributed by atoms with E-state index >= 15 is 0 Å². The summed E-state index contributed by atoms with van der Waals surface area (Å²) < 4.78 is 7.75. The van der Waals surface area contributed by atoms with E-state index in [1.807, 2.05) is 97.1 Å². The van der Waals surface area contributed by atoms with E-state index in [4.69, 9.17) is 4.74 Å². The fraction of sp³-hybridized carbons (Fsp3) is 0.200. The number of nitrogens with zero attached hydrogens (tertiary/aromatic N) is 3. The van der Waals surface area contributed by atoms with Gasteiger partial charge in [-0.3, -0.25) is 14.3 Å². The van der Waals surface area contributed by atoms with Crippen LogP contribution in [0.5, 0.6) is 5.75 Å². The molecule has 0 saturated heterocycles. The molecule has 0 aliphatic rings. The van der Waals surface area contributed by atoms with E-state index in [9.17, 15) is 9.59 Å². The van der Waals surface area contributed by atoms with Crippen molar-refractivity contribution in [3.63, 3.8) is 0 Å². The molecule has 8 nitrogen and oxygen atoms in total. The van der Waals surface area contributed by atoms with E-state index in [1.54, 1.807) is 23.2 Å². The molecule has 2 N–H and O–H groups in total. The molecule has 48 heavy (non-hydrogen) atoms. The number of amides is 2. The van der Waals surface area contributed by atoms with Crippen LogP contribution in [-0.4, -0.2) is 20.6 Å². The highest BCUT2D eigenvalue weighted by Crippen LogP contribution is 2.36. The van der Waals surface area contributed by atoms with Gasteiger partial charge >= 0.3 is 6.03 Å². The molecule has 0 aliphatic heterocycles. The van der Waals surface area contributed by atoms with Gasteiger partial charge in [0, 0.05) is 40.8 Å². The fourth-order valence-corrected chi connectivity index (χ4v) is 5.95. The minimum absolute atomic E-state index is 0.154. The number of urea groups is 1. The molecule has 3 aromatic carbocycles. The van der Waals surface area contributed by atoms with Crippen LogP contribution < -0.4 is 20.9 Å². The third-order valence-electron chi connectivity index (χ3n) is 8.31. The average Bonchev–Trinajstić information content (AvgIpc) is 3.10. The maximum atomic E-state index is 14.6. The summed E-state index contributed by atoms with van der Waals surface area (Å²) in [7, 11) is 0. The van der Waals surface area contributed by atoms with Gasteiger partial charge in [-0.1, -0.05) is 94.4 Å². The first kappa shape index (κ1) is 32.2. The first-order valence-electron chi connectivity index (χ1n) is 16.2. The van der Waals surface area contributed by atoms with Gasteiger partial charge in [-0.05, 0) is 64.4 Å². The summed E-state index contributed by atoms with van der Waals surface area (Å²) in [6.45, 7) is 9.02. The van der Waals surface area contributed by atoms with Crippen LogP contribution in [0.4, 0.5) is 16.2 Å². The molecule has 6 rings (SSSR count). The monoisotopic (exact) mass is 637 g/mol. The molecule has 0 atom stereocenters. The number of anilines is 2. The number of fused-ring (bicyclic) bond motifs is 1. The second-order valence-corrected chi connectivity index (χ2v) is 12.4. The maximum absolute atomic E-state index is 14.6. The zero-order chi connectivity index (χ0) is 33.6.